The first-order valence-electron chi connectivity index (χ1n) is 6.05. The van der Waals surface area contributed by atoms with Gasteiger partial charge in [-0.05, 0) is 23.8 Å². The van der Waals surface area contributed by atoms with Crippen LogP contribution in [0.25, 0.3) is 5.65 Å². The van der Waals surface area contributed by atoms with Crippen LogP contribution < -0.4 is 5.73 Å². The zero-order valence-electron chi connectivity index (χ0n) is 10.3. The minimum absolute atomic E-state index is 0.449. The van der Waals surface area contributed by atoms with Crippen LogP contribution in [0.3, 0.4) is 0 Å². The van der Waals surface area contributed by atoms with Crippen LogP contribution >= 0.6 is 11.6 Å². The molecule has 0 saturated heterocycles. The second-order valence-electron chi connectivity index (χ2n) is 4.30. The second kappa shape index (κ2) is 4.99. The Hall–Kier alpha value is -1.91. The topological polar surface area (TPSA) is 56.2 Å². The van der Waals surface area contributed by atoms with E-state index in [-0.39, 0.29) is 0 Å². The number of aromatic nitrogens is 3. The van der Waals surface area contributed by atoms with Gasteiger partial charge in [0.15, 0.2) is 5.65 Å². The second-order valence-corrected chi connectivity index (χ2v) is 4.71. The van der Waals surface area contributed by atoms with Gasteiger partial charge >= 0.3 is 0 Å². The van der Waals surface area contributed by atoms with Crippen LogP contribution in [0, 0.1) is 0 Å². The molecule has 2 heterocycles. The van der Waals surface area contributed by atoms with Gasteiger partial charge in [0, 0.05) is 23.7 Å². The maximum atomic E-state index is 6.18. The van der Waals surface area contributed by atoms with Gasteiger partial charge in [-0.15, -0.1) is 10.2 Å². The van der Waals surface area contributed by atoms with E-state index < -0.39 is 0 Å². The average molecular weight is 273 g/mol. The first-order chi connectivity index (χ1) is 9.29. The fourth-order valence-corrected chi connectivity index (χ4v) is 2.36. The van der Waals surface area contributed by atoms with Gasteiger partial charge in [-0.25, -0.2) is 0 Å². The number of fused-ring (bicyclic) bond motifs is 1. The van der Waals surface area contributed by atoms with Crippen molar-refractivity contribution in [3.63, 3.8) is 0 Å². The van der Waals surface area contributed by atoms with Crippen molar-refractivity contribution in [2.24, 2.45) is 5.73 Å². The molecule has 0 amide bonds. The highest BCUT2D eigenvalue weighted by Crippen LogP contribution is 2.19. The summed E-state index contributed by atoms with van der Waals surface area (Å²) >= 11 is 6.18. The molecular formula is C14H13ClN4. The number of hydrogen-bond acceptors (Lipinski definition) is 3. The van der Waals surface area contributed by atoms with Gasteiger partial charge in [-0.3, -0.25) is 4.40 Å². The lowest BCUT2D eigenvalue weighted by Gasteiger charge is -2.06. The molecule has 0 aliphatic heterocycles. The van der Waals surface area contributed by atoms with Crippen molar-refractivity contribution in [3.05, 3.63) is 64.6 Å². The number of benzene rings is 1. The zero-order chi connectivity index (χ0) is 13.2. The fraction of sp³-hybridized carbons (Fsp3) is 0.143. The molecule has 5 heteroatoms. The Bertz CT molecular complexity index is 720. The Balaban J connectivity index is 2.09. The van der Waals surface area contributed by atoms with Crippen LogP contribution in [0.5, 0.6) is 0 Å². The summed E-state index contributed by atoms with van der Waals surface area (Å²) in [5, 5.41) is 9.15. The van der Waals surface area contributed by atoms with Gasteiger partial charge in [0.1, 0.15) is 5.82 Å². The number of nitrogens with two attached hydrogens (primary N) is 1. The number of pyridine rings is 1. The quantitative estimate of drug-likeness (QED) is 0.797. The lowest BCUT2D eigenvalue weighted by atomic mass is 10.1. The van der Waals surface area contributed by atoms with Crippen molar-refractivity contribution < 1.29 is 0 Å². The van der Waals surface area contributed by atoms with E-state index in [2.05, 4.69) is 10.2 Å². The molecule has 0 unspecified atom stereocenters. The molecule has 0 atom stereocenters. The molecule has 3 aromatic rings. The van der Waals surface area contributed by atoms with Gasteiger partial charge in [0.2, 0.25) is 0 Å². The Morgan fingerprint density at radius 1 is 1.05 bits per heavy atom. The molecule has 0 fully saturated rings. The highest BCUT2D eigenvalue weighted by Gasteiger charge is 2.10. The van der Waals surface area contributed by atoms with Crippen LogP contribution in [-0.4, -0.2) is 14.6 Å². The summed E-state index contributed by atoms with van der Waals surface area (Å²) in [7, 11) is 0. The first kappa shape index (κ1) is 12.1. The molecule has 0 aliphatic carbocycles. The predicted octanol–water partition coefficient (Wildman–Crippen LogP) is 2.43. The van der Waals surface area contributed by atoms with Crippen molar-refractivity contribution in [3.8, 4) is 0 Å². The summed E-state index contributed by atoms with van der Waals surface area (Å²) in [5.74, 6) is 0.851. The van der Waals surface area contributed by atoms with E-state index in [1.807, 2.05) is 46.9 Å². The fourth-order valence-electron chi connectivity index (χ4n) is 2.16. The number of halogens is 1. The summed E-state index contributed by atoms with van der Waals surface area (Å²) in [6.07, 6.45) is 0.637. The molecule has 0 bridgehead atoms. The third-order valence-corrected chi connectivity index (χ3v) is 3.46. The molecule has 3 rings (SSSR count). The van der Waals surface area contributed by atoms with Gasteiger partial charge < -0.3 is 5.73 Å². The molecule has 1 aromatic carbocycles. The van der Waals surface area contributed by atoms with E-state index >= 15 is 0 Å². The van der Waals surface area contributed by atoms with E-state index in [1.165, 1.54) is 0 Å². The molecule has 2 N–H and O–H groups in total. The Morgan fingerprint density at radius 2 is 1.89 bits per heavy atom. The van der Waals surface area contributed by atoms with Crippen LogP contribution in [-0.2, 0) is 13.0 Å². The molecule has 0 saturated carbocycles. The molecule has 0 spiro atoms. The minimum atomic E-state index is 0.449. The van der Waals surface area contributed by atoms with Crippen molar-refractivity contribution in [2.75, 3.05) is 0 Å². The SMILES string of the molecule is NCc1cccc2nnc(Cc3ccccc3Cl)n12. The van der Waals surface area contributed by atoms with Crippen LogP contribution in [0.4, 0.5) is 0 Å². The van der Waals surface area contributed by atoms with E-state index in [0.717, 1.165) is 27.8 Å². The zero-order valence-corrected chi connectivity index (χ0v) is 11.0. The van der Waals surface area contributed by atoms with E-state index in [4.69, 9.17) is 17.3 Å². The summed E-state index contributed by atoms with van der Waals surface area (Å²) in [5.41, 5.74) is 8.60. The third-order valence-electron chi connectivity index (χ3n) is 3.09. The average Bonchev–Trinajstić information content (AvgIpc) is 2.85. The summed E-state index contributed by atoms with van der Waals surface area (Å²) in [6.45, 7) is 0.449. The first-order valence-corrected chi connectivity index (χ1v) is 6.43. The Morgan fingerprint density at radius 3 is 2.68 bits per heavy atom. The minimum Gasteiger partial charge on any atom is -0.325 e. The number of hydrogen-bond donors (Lipinski definition) is 1. The van der Waals surface area contributed by atoms with E-state index in [1.54, 1.807) is 0 Å². The van der Waals surface area contributed by atoms with Crippen molar-refractivity contribution in [1.82, 2.24) is 14.6 Å². The largest absolute Gasteiger partial charge is 0.325 e. The standard InChI is InChI=1S/C14H13ClN4/c15-12-6-2-1-4-10(12)8-14-18-17-13-7-3-5-11(9-16)19(13)14/h1-7H,8-9,16H2. The normalized spacial score (nSPS) is 11.1. The lowest BCUT2D eigenvalue weighted by molar-refractivity contribution is 0.871. The summed E-state index contributed by atoms with van der Waals surface area (Å²) in [4.78, 5) is 0. The third kappa shape index (κ3) is 2.20. The van der Waals surface area contributed by atoms with Crippen LogP contribution in [0.1, 0.15) is 17.1 Å². The smallest absolute Gasteiger partial charge is 0.161 e. The maximum Gasteiger partial charge on any atom is 0.161 e. The Kier molecular flexibility index (Phi) is 3.19. The highest BCUT2D eigenvalue weighted by atomic mass is 35.5. The van der Waals surface area contributed by atoms with Crippen LogP contribution in [0.15, 0.2) is 42.5 Å². The van der Waals surface area contributed by atoms with E-state index in [9.17, 15) is 0 Å². The van der Waals surface area contributed by atoms with Gasteiger partial charge in [-0.2, -0.15) is 0 Å². The van der Waals surface area contributed by atoms with Crippen LogP contribution in [0.2, 0.25) is 5.02 Å². The molecule has 2 aromatic heterocycles. The van der Waals surface area contributed by atoms with E-state index in [0.29, 0.717) is 13.0 Å². The lowest BCUT2D eigenvalue weighted by Crippen LogP contribution is -2.07. The summed E-state index contributed by atoms with van der Waals surface area (Å²) in [6, 6.07) is 13.6. The predicted molar refractivity (Wildman–Crippen MR) is 75.1 cm³/mol. The van der Waals surface area contributed by atoms with Gasteiger partial charge in [0.05, 0.1) is 0 Å². The monoisotopic (exact) mass is 272 g/mol. The number of rotatable bonds is 3. The molecule has 19 heavy (non-hydrogen) atoms. The van der Waals surface area contributed by atoms with Gasteiger partial charge in [-0.1, -0.05) is 35.9 Å². The van der Waals surface area contributed by atoms with Gasteiger partial charge in [0.25, 0.3) is 0 Å². The molecule has 0 aliphatic rings. The molecule has 4 nitrogen and oxygen atoms in total. The number of nitrogens with zero attached hydrogens (tertiary/aromatic N) is 3. The molecule has 96 valence electrons. The maximum absolute atomic E-state index is 6.18. The molecular weight excluding hydrogens is 260 g/mol. The Labute approximate surface area is 115 Å². The molecule has 0 radical (unpaired) electrons. The highest BCUT2D eigenvalue weighted by molar-refractivity contribution is 6.31. The van der Waals surface area contributed by atoms with Crippen molar-refractivity contribution in [2.45, 2.75) is 13.0 Å². The summed E-state index contributed by atoms with van der Waals surface area (Å²) < 4.78 is 1.99. The van der Waals surface area contributed by atoms with Crippen molar-refractivity contribution in [1.29, 1.82) is 0 Å². The van der Waals surface area contributed by atoms with Crippen molar-refractivity contribution >= 4 is 17.2 Å².